The zero-order chi connectivity index (χ0) is 29.0. The molecule has 212 valence electrons. The zero-order valence-corrected chi connectivity index (χ0v) is 25.0. The molecule has 8 atom stereocenters. The molecular formula is C33H45NO5. The second kappa shape index (κ2) is 8.30. The molecule has 0 saturated heterocycles. The Kier molecular flexibility index (Phi) is 5.99. The van der Waals surface area contributed by atoms with Crippen molar-refractivity contribution in [1.82, 2.24) is 0 Å². The van der Waals surface area contributed by atoms with Crippen molar-refractivity contribution >= 4 is 17.7 Å². The minimum Gasteiger partial charge on any atom is -0.481 e. The molecule has 5 rings (SSSR count). The van der Waals surface area contributed by atoms with E-state index in [4.69, 9.17) is 4.74 Å². The molecule has 1 N–H and O–H groups in total. The minimum absolute atomic E-state index is 0.00106. The summed E-state index contributed by atoms with van der Waals surface area (Å²) in [7, 11) is 0. The van der Waals surface area contributed by atoms with Crippen LogP contribution in [0.3, 0.4) is 0 Å². The highest BCUT2D eigenvalue weighted by Crippen LogP contribution is 2.75. The van der Waals surface area contributed by atoms with Crippen molar-refractivity contribution in [1.29, 1.82) is 5.26 Å². The molecule has 3 saturated carbocycles. The number of nitrogens with zero attached hydrogens (tertiary/aromatic N) is 1. The third-order valence-electron chi connectivity index (χ3n) is 13.2. The van der Waals surface area contributed by atoms with Crippen LogP contribution in [-0.4, -0.2) is 22.8 Å². The number of nitriles is 1. The van der Waals surface area contributed by atoms with E-state index in [0.717, 1.165) is 44.9 Å². The second-order valence-electron chi connectivity index (χ2n) is 15.3. The molecule has 0 aromatic carbocycles. The molecule has 5 aliphatic rings. The molecule has 0 amide bonds. The van der Waals surface area contributed by atoms with Crippen molar-refractivity contribution in [3.05, 3.63) is 23.0 Å². The van der Waals surface area contributed by atoms with Gasteiger partial charge in [0.25, 0.3) is 0 Å². The summed E-state index contributed by atoms with van der Waals surface area (Å²) in [5, 5.41) is 20.3. The Morgan fingerprint density at radius 2 is 1.64 bits per heavy atom. The highest BCUT2D eigenvalue weighted by atomic mass is 16.5. The summed E-state index contributed by atoms with van der Waals surface area (Å²) >= 11 is 0. The smallest absolute Gasteiger partial charge is 0.309 e. The van der Waals surface area contributed by atoms with Gasteiger partial charge >= 0.3 is 11.9 Å². The Balaban J connectivity index is 1.64. The van der Waals surface area contributed by atoms with Crippen LogP contribution in [0, 0.1) is 61.6 Å². The van der Waals surface area contributed by atoms with Crippen LogP contribution < -0.4 is 0 Å². The predicted molar refractivity (Wildman–Crippen MR) is 147 cm³/mol. The van der Waals surface area contributed by atoms with E-state index < -0.39 is 28.2 Å². The topological polar surface area (TPSA) is 104 Å². The van der Waals surface area contributed by atoms with E-state index in [9.17, 15) is 24.8 Å². The summed E-state index contributed by atoms with van der Waals surface area (Å²) in [4.78, 5) is 38.6. The van der Waals surface area contributed by atoms with E-state index in [2.05, 4.69) is 39.8 Å². The second-order valence-corrected chi connectivity index (χ2v) is 15.3. The van der Waals surface area contributed by atoms with Gasteiger partial charge in [-0.3, -0.25) is 14.4 Å². The Morgan fingerprint density at radius 1 is 1.00 bits per heavy atom. The Bertz CT molecular complexity index is 1270. The first-order chi connectivity index (χ1) is 17.9. The number of ether oxygens (including phenoxy) is 1. The van der Waals surface area contributed by atoms with Gasteiger partial charge in [0.1, 0.15) is 17.4 Å². The molecule has 39 heavy (non-hydrogen) atoms. The predicted octanol–water partition coefficient (Wildman–Crippen LogP) is 7.00. The minimum atomic E-state index is -0.765. The number of fused-ring (bicyclic) bond motifs is 7. The SMILES string of the molecule is CC(=O)OC1=C(C#N)C(=O)[C@]2(C)[C@H]3CC=C4[C@@H]5CC(C)(C(=O)O)CC[C@]5(C)CC[C@@]4(C)[C@]3(C)CC[C@H]2C1(C)C. The molecule has 6 heteroatoms. The van der Waals surface area contributed by atoms with Crippen molar-refractivity contribution in [3.8, 4) is 6.07 Å². The van der Waals surface area contributed by atoms with Gasteiger partial charge in [-0.15, -0.1) is 0 Å². The molecule has 0 heterocycles. The summed E-state index contributed by atoms with van der Waals surface area (Å²) in [5.41, 5.74) is -0.922. The van der Waals surface area contributed by atoms with Gasteiger partial charge in [-0.2, -0.15) is 5.26 Å². The van der Waals surface area contributed by atoms with E-state index in [0.29, 0.717) is 6.42 Å². The lowest BCUT2D eigenvalue weighted by molar-refractivity contribution is -0.181. The van der Waals surface area contributed by atoms with Crippen LogP contribution in [0.25, 0.3) is 0 Å². The summed E-state index contributed by atoms with van der Waals surface area (Å²) in [5.74, 6) is -0.955. The highest BCUT2D eigenvalue weighted by molar-refractivity contribution is 6.05. The summed E-state index contributed by atoms with van der Waals surface area (Å²) in [6.45, 7) is 16.5. The largest absolute Gasteiger partial charge is 0.481 e. The molecule has 3 fully saturated rings. The van der Waals surface area contributed by atoms with Crippen LogP contribution >= 0.6 is 0 Å². The number of carbonyl (C=O) groups excluding carboxylic acids is 2. The number of carboxylic acid groups (broad SMARTS) is 1. The first kappa shape index (κ1) is 28.1. The normalized spacial score (nSPS) is 46.5. The molecule has 0 aliphatic heterocycles. The standard InChI is InChI=1S/C33H45NO5/c1-19(35)39-26-20(18-34)25(36)33(8)23(28(26,2)3)11-12-32(7)24(33)10-9-21-22-17-30(5,27(37)38)14-13-29(22,4)15-16-31(21,32)6/h9,22-24H,10-17H2,1-8H3,(H,37,38)/t22-,23-,24-,29+,30?,31+,32+,33-/m0/s1. The number of aliphatic carboxylic acids is 1. The van der Waals surface area contributed by atoms with Gasteiger partial charge < -0.3 is 9.84 Å². The lowest BCUT2D eigenvalue weighted by atomic mass is 9.33. The monoisotopic (exact) mass is 535 g/mol. The fourth-order valence-corrected chi connectivity index (χ4v) is 10.5. The van der Waals surface area contributed by atoms with Gasteiger partial charge in [0.15, 0.2) is 5.78 Å². The average Bonchev–Trinajstić information content (AvgIpc) is 2.84. The van der Waals surface area contributed by atoms with E-state index in [1.54, 1.807) is 0 Å². The van der Waals surface area contributed by atoms with E-state index in [-0.39, 0.29) is 51.1 Å². The average molecular weight is 536 g/mol. The number of rotatable bonds is 2. The van der Waals surface area contributed by atoms with E-state index >= 15 is 0 Å². The summed E-state index contributed by atoms with van der Waals surface area (Å²) < 4.78 is 5.59. The Hall–Kier alpha value is -2.42. The van der Waals surface area contributed by atoms with Crippen LogP contribution in [0.4, 0.5) is 0 Å². The first-order valence-electron chi connectivity index (χ1n) is 14.7. The van der Waals surface area contributed by atoms with Crippen molar-refractivity contribution < 1.29 is 24.2 Å². The zero-order valence-electron chi connectivity index (χ0n) is 25.0. The number of hydrogen-bond acceptors (Lipinski definition) is 5. The molecule has 0 spiro atoms. The van der Waals surface area contributed by atoms with Gasteiger partial charge in [0.05, 0.1) is 5.41 Å². The fraction of sp³-hybridized carbons (Fsp3) is 0.758. The van der Waals surface area contributed by atoms with Crippen molar-refractivity contribution in [2.75, 3.05) is 0 Å². The fourth-order valence-electron chi connectivity index (χ4n) is 10.5. The van der Waals surface area contributed by atoms with Crippen molar-refractivity contribution in [3.63, 3.8) is 0 Å². The Labute approximate surface area is 233 Å². The maximum Gasteiger partial charge on any atom is 0.309 e. The van der Waals surface area contributed by atoms with E-state index in [1.807, 2.05) is 20.8 Å². The van der Waals surface area contributed by atoms with Crippen LogP contribution in [-0.2, 0) is 19.1 Å². The summed E-state index contributed by atoms with van der Waals surface area (Å²) in [6, 6.07) is 2.14. The number of esters is 1. The lowest BCUT2D eigenvalue weighted by Crippen LogP contribution is -2.65. The van der Waals surface area contributed by atoms with Crippen LogP contribution in [0.5, 0.6) is 0 Å². The van der Waals surface area contributed by atoms with Gasteiger partial charge in [0, 0.05) is 17.8 Å². The van der Waals surface area contributed by atoms with Crippen LogP contribution in [0.1, 0.15) is 107 Å². The number of ketones is 1. The molecule has 5 aliphatic carbocycles. The lowest BCUT2D eigenvalue weighted by Gasteiger charge is -2.70. The van der Waals surface area contributed by atoms with E-state index in [1.165, 1.54) is 12.5 Å². The number of Topliss-reactive ketones (excluding diaryl/α,β-unsaturated/α-hetero) is 1. The first-order valence-corrected chi connectivity index (χ1v) is 14.7. The number of hydrogen-bond donors (Lipinski definition) is 1. The number of carbonyl (C=O) groups is 3. The molecule has 0 bridgehead atoms. The molecular weight excluding hydrogens is 490 g/mol. The number of carboxylic acids is 1. The molecule has 1 unspecified atom stereocenters. The quantitative estimate of drug-likeness (QED) is 0.301. The molecule has 0 radical (unpaired) electrons. The maximum absolute atomic E-state index is 14.3. The van der Waals surface area contributed by atoms with Crippen LogP contribution in [0.15, 0.2) is 23.0 Å². The van der Waals surface area contributed by atoms with Gasteiger partial charge in [-0.1, -0.05) is 53.2 Å². The van der Waals surface area contributed by atoms with Gasteiger partial charge in [0.2, 0.25) is 0 Å². The summed E-state index contributed by atoms with van der Waals surface area (Å²) in [6.07, 6.45) is 9.28. The highest BCUT2D eigenvalue weighted by Gasteiger charge is 2.70. The third-order valence-corrected chi connectivity index (χ3v) is 13.2. The van der Waals surface area contributed by atoms with Crippen LogP contribution in [0.2, 0.25) is 0 Å². The molecule has 0 aromatic heterocycles. The molecule has 0 aromatic rings. The number of allylic oxidation sites excluding steroid dienone is 4. The Morgan fingerprint density at radius 3 is 2.23 bits per heavy atom. The maximum atomic E-state index is 14.3. The van der Waals surface area contributed by atoms with Gasteiger partial charge in [-0.05, 0) is 92.3 Å². The van der Waals surface area contributed by atoms with Gasteiger partial charge in [-0.25, -0.2) is 0 Å². The van der Waals surface area contributed by atoms with Crippen molar-refractivity contribution in [2.24, 2.45) is 50.2 Å². The van der Waals surface area contributed by atoms with Crippen molar-refractivity contribution in [2.45, 2.75) is 107 Å². The third kappa shape index (κ3) is 3.40. The molecule has 6 nitrogen and oxygen atoms in total.